The maximum atomic E-state index is 12.1. The lowest BCUT2D eigenvalue weighted by Gasteiger charge is -2.15. The Bertz CT molecular complexity index is 347. The molecule has 15 heavy (non-hydrogen) atoms. The number of rotatable bonds is 6. The number of aromatic nitrogens is 1. The Morgan fingerprint density at radius 2 is 2.07 bits per heavy atom. The largest absolute Gasteiger partial charge is 0.335 e. The van der Waals surface area contributed by atoms with Crippen LogP contribution < -0.4 is 0 Å². The minimum Gasteiger partial charge on any atom is -0.309 e. The van der Waals surface area contributed by atoms with E-state index in [0.29, 0.717) is 13.2 Å². The van der Waals surface area contributed by atoms with Crippen molar-refractivity contribution in [2.24, 2.45) is 0 Å². The fraction of sp³-hybridized carbons (Fsp3) is 0.625. The van der Waals surface area contributed by atoms with Gasteiger partial charge in [0.15, 0.2) is 3.92 Å². The van der Waals surface area contributed by atoms with Gasteiger partial charge in [-0.25, -0.2) is 4.98 Å². The Balaban J connectivity index is 2.70. The second kappa shape index (κ2) is 6.11. The molecular formula is C8H13BrNO3PS. The van der Waals surface area contributed by atoms with Crippen molar-refractivity contribution in [3.63, 3.8) is 0 Å². The van der Waals surface area contributed by atoms with Crippen molar-refractivity contribution in [2.75, 3.05) is 13.2 Å². The molecule has 1 rings (SSSR count). The van der Waals surface area contributed by atoms with Crippen molar-refractivity contribution < 1.29 is 13.6 Å². The normalized spacial score (nSPS) is 11.9. The highest BCUT2D eigenvalue weighted by molar-refractivity contribution is 9.11. The van der Waals surface area contributed by atoms with Crippen LogP contribution in [0.4, 0.5) is 0 Å². The van der Waals surface area contributed by atoms with Gasteiger partial charge in [-0.05, 0) is 29.8 Å². The topological polar surface area (TPSA) is 48.4 Å². The highest BCUT2D eigenvalue weighted by Crippen LogP contribution is 2.52. The van der Waals surface area contributed by atoms with E-state index in [0.717, 1.165) is 8.79 Å². The maximum absolute atomic E-state index is 12.1. The predicted molar refractivity (Wildman–Crippen MR) is 64.4 cm³/mol. The molecule has 7 heteroatoms. The molecule has 0 saturated carbocycles. The van der Waals surface area contributed by atoms with Gasteiger partial charge in [0.1, 0.15) is 0 Å². The van der Waals surface area contributed by atoms with Crippen molar-refractivity contribution in [1.82, 2.24) is 4.98 Å². The highest BCUT2D eigenvalue weighted by Gasteiger charge is 2.25. The molecule has 4 nitrogen and oxygen atoms in total. The van der Waals surface area contributed by atoms with Crippen LogP contribution >= 0.6 is 34.9 Å². The third-order valence-corrected chi connectivity index (χ3v) is 5.25. The molecule has 0 aliphatic rings. The first-order chi connectivity index (χ1) is 7.09. The Kier molecular flexibility index (Phi) is 5.43. The number of hydrogen-bond donors (Lipinski definition) is 0. The van der Waals surface area contributed by atoms with Gasteiger partial charge in [-0.3, -0.25) is 4.57 Å². The molecule has 0 atom stereocenters. The summed E-state index contributed by atoms with van der Waals surface area (Å²) < 4.78 is 23.2. The van der Waals surface area contributed by atoms with Crippen LogP contribution in [0.5, 0.6) is 0 Å². The van der Waals surface area contributed by atoms with Crippen molar-refractivity contribution in [1.29, 1.82) is 0 Å². The van der Waals surface area contributed by atoms with E-state index in [1.165, 1.54) is 11.3 Å². The molecule has 0 radical (unpaired) electrons. The molecular weight excluding hydrogens is 301 g/mol. The first-order valence-electron chi connectivity index (χ1n) is 4.58. The van der Waals surface area contributed by atoms with Crippen LogP contribution in [0.25, 0.3) is 0 Å². The van der Waals surface area contributed by atoms with Crippen LogP contribution in [0.2, 0.25) is 0 Å². The summed E-state index contributed by atoms with van der Waals surface area (Å²) in [7, 11) is -2.98. The molecule has 0 aromatic carbocycles. The van der Waals surface area contributed by atoms with Crippen LogP contribution in [-0.4, -0.2) is 18.2 Å². The summed E-state index contributed by atoms with van der Waals surface area (Å²) in [5.41, 5.74) is 0. The molecule has 0 amide bonds. The molecule has 0 aliphatic heterocycles. The van der Waals surface area contributed by atoms with E-state index in [9.17, 15) is 4.57 Å². The third kappa shape index (κ3) is 4.33. The fourth-order valence-corrected chi connectivity index (χ4v) is 4.46. The van der Waals surface area contributed by atoms with Crippen molar-refractivity contribution in [2.45, 2.75) is 20.0 Å². The molecule has 0 N–H and O–H groups in total. The van der Waals surface area contributed by atoms with E-state index < -0.39 is 7.60 Å². The van der Waals surface area contributed by atoms with Crippen molar-refractivity contribution >= 4 is 34.9 Å². The first kappa shape index (κ1) is 13.3. The third-order valence-electron chi connectivity index (χ3n) is 1.53. The molecule has 86 valence electrons. The van der Waals surface area contributed by atoms with E-state index in [-0.39, 0.29) is 6.16 Å². The Morgan fingerprint density at radius 1 is 1.47 bits per heavy atom. The zero-order valence-electron chi connectivity index (χ0n) is 8.60. The number of hydrogen-bond acceptors (Lipinski definition) is 5. The molecule has 0 aliphatic carbocycles. The molecule has 1 aromatic rings. The minimum absolute atomic E-state index is 0.290. The van der Waals surface area contributed by atoms with Crippen LogP contribution in [0, 0.1) is 0 Å². The van der Waals surface area contributed by atoms with E-state index in [1.807, 2.05) is 0 Å². The van der Waals surface area contributed by atoms with Crippen LogP contribution in [0.1, 0.15) is 18.7 Å². The minimum atomic E-state index is -2.98. The van der Waals surface area contributed by atoms with Gasteiger partial charge < -0.3 is 9.05 Å². The lowest BCUT2D eigenvalue weighted by molar-refractivity contribution is 0.219. The van der Waals surface area contributed by atoms with Gasteiger partial charge in [-0.15, -0.1) is 11.3 Å². The average molecular weight is 314 g/mol. The fourth-order valence-electron chi connectivity index (χ4n) is 1.07. The Hall–Kier alpha value is 0.260. The quantitative estimate of drug-likeness (QED) is 0.752. The lowest BCUT2D eigenvalue weighted by atomic mass is 10.6. The summed E-state index contributed by atoms with van der Waals surface area (Å²) in [6, 6.07) is 0. The van der Waals surface area contributed by atoms with Gasteiger partial charge in [0.25, 0.3) is 0 Å². The monoisotopic (exact) mass is 313 g/mol. The van der Waals surface area contributed by atoms with Gasteiger partial charge >= 0.3 is 7.60 Å². The maximum Gasteiger partial charge on any atom is 0.335 e. The van der Waals surface area contributed by atoms with E-state index >= 15 is 0 Å². The summed E-state index contributed by atoms with van der Waals surface area (Å²) in [4.78, 5) is 4.92. The number of thiazole rings is 1. The zero-order chi connectivity index (χ0) is 11.3. The van der Waals surface area contributed by atoms with E-state index in [1.54, 1.807) is 20.0 Å². The molecule has 1 aromatic heterocycles. The molecule has 0 unspecified atom stereocenters. The van der Waals surface area contributed by atoms with E-state index in [2.05, 4.69) is 20.9 Å². The lowest BCUT2D eigenvalue weighted by Crippen LogP contribution is -1.97. The second-order valence-corrected chi connectivity index (χ2v) is 7.13. The van der Waals surface area contributed by atoms with Gasteiger partial charge in [0, 0.05) is 11.1 Å². The van der Waals surface area contributed by atoms with Gasteiger partial charge in [-0.2, -0.15) is 0 Å². The summed E-state index contributed by atoms with van der Waals surface area (Å²) in [6.45, 7) is 4.37. The molecule has 0 fully saturated rings. The summed E-state index contributed by atoms with van der Waals surface area (Å²) in [5, 5.41) is 0. The predicted octanol–water partition coefficient (Wildman–Crippen LogP) is 3.67. The van der Waals surface area contributed by atoms with Gasteiger partial charge in [-0.1, -0.05) is 0 Å². The summed E-state index contributed by atoms with van der Waals surface area (Å²) in [5.74, 6) is 0. The van der Waals surface area contributed by atoms with Gasteiger partial charge in [0.2, 0.25) is 0 Å². The van der Waals surface area contributed by atoms with Crippen molar-refractivity contribution in [3.05, 3.63) is 15.0 Å². The number of halogens is 1. The smallest absolute Gasteiger partial charge is 0.309 e. The van der Waals surface area contributed by atoms with Crippen LogP contribution in [-0.2, 0) is 19.8 Å². The SMILES string of the molecule is CCOP(=O)(Cc1cnc(Br)s1)OCC. The first-order valence-corrected chi connectivity index (χ1v) is 7.91. The highest BCUT2D eigenvalue weighted by atomic mass is 79.9. The van der Waals surface area contributed by atoms with Crippen molar-refractivity contribution in [3.8, 4) is 0 Å². The zero-order valence-corrected chi connectivity index (χ0v) is 11.9. The summed E-state index contributed by atoms with van der Waals surface area (Å²) >= 11 is 4.69. The molecule has 0 spiro atoms. The Labute approximate surface area is 102 Å². The van der Waals surface area contributed by atoms with E-state index in [4.69, 9.17) is 9.05 Å². The summed E-state index contributed by atoms with van der Waals surface area (Å²) in [6.07, 6.45) is 1.97. The molecule has 0 bridgehead atoms. The standard InChI is InChI=1S/C8H13BrNO3PS/c1-3-12-14(11,13-4-2)6-7-5-10-8(9)15-7/h5H,3-4,6H2,1-2H3. The molecule has 0 saturated heterocycles. The van der Waals surface area contributed by atoms with Gasteiger partial charge in [0.05, 0.1) is 19.4 Å². The number of nitrogens with zero attached hydrogens (tertiary/aromatic N) is 1. The Morgan fingerprint density at radius 3 is 2.47 bits per heavy atom. The average Bonchev–Trinajstić information content (AvgIpc) is 2.51. The molecule has 1 heterocycles. The second-order valence-electron chi connectivity index (χ2n) is 2.68. The van der Waals surface area contributed by atoms with Crippen LogP contribution in [0.15, 0.2) is 10.1 Å². The van der Waals surface area contributed by atoms with Crippen LogP contribution in [0.3, 0.4) is 0 Å².